The van der Waals surface area contributed by atoms with E-state index < -0.39 is 6.10 Å². The van der Waals surface area contributed by atoms with Crippen LogP contribution in [0.4, 0.5) is 0 Å². The highest BCUT2D eigenvalue weighted by Crippen LogP contribution is 2.17. The van der Waals surface area contributed by atoms with Gasteiger partial charge in [0, 0.05) is 19.3 Å². The quantitative estimate of drug-likeness (QED) is 0.0346. The third-order valence-electron chi connectivity index (χ3n) is 11.9. The van der Waals surface area contributed by atoms with Crippen molar-refractivity contribution < 1.29 is 28.6 Å². The average Bonchev–Trinajstić information content (AvgIpc) is 3.22. The van der Waals surface area contributed by atoms with E-state index in [0.717, 1.165) is 57.8 Å². The second-order valence-corrected chi connectivity index (χ2v) is 17.8. The molecule has 0 rings (SSSR count). The number of hydrogen-bond donors (Lipinski definition) is 0. The van der Waals surface area contributed by atoms with Crippen molar-refractivity contribution in [1.82, 2.24) is 0 Å². The van der Waals surface area contributed by atoms with Gasteiger partial charge in [0.2, 0.25) is 0 Å². The van der Waals surface area contributed by atoms with Crippen molar-refractivity contribution in [3.63, 3.8) is 0 Å². The van der Waals surface area contributed by atoms with E-state index in [-0.39, 0.29) is 31.1 Å². The van der Waals surface area contributed by atoms with Crippen LogP contribution in [0.15, 0.2) is 0 Å². The summed E-state index contributed by atoms with van der Waals surface area (Å²) in [6.07, 6.45) is 50.9. The zero-order chi connectivity index (χ0) is 42.3. The Labute approximate surface area is 361 Å². The lowest BCUT2D eigenvalue weighted by atomic mass is 10.0. The molecule has 6 heteroatoms. The van der Waals surface area contributed by atoms with E-state index in [1.165, 1.54) is 199 Å². The van der Waals surface area contributed by atoms with Crippen molar-refractivity contribution in [3.8, 4) is 0 Å². The highest BCUT2D eigenvalue weighted by atomic mass is 16.6. The van der Waals surface area contributed by atoms with Crippen LogP contribution in [-0.2, 0) is 28.6 Å². The van der Waals surface area contributed by atoms with Crippen LogP contribution >= 0.6 is 0 Å². The second kappa shape index (κ2) is 48.1. The van der Waals surface area contributed by atoms with Gasteiger partial charge in [-0.25, -0.2) is 0 Å². The molecule has 0 heterocycles. The van der Waals surface area contributed by atoms with Gasteiger partial charge in [-0.2, -0.15) is 0 Å². The van der Waals surface area contributed by atoms with Crippen LogP contribution in [0, 0.1) is 0 Å². The molecule has 0 bridgehead atoms. The molecule has 0 amide bonds. The fourth-order valence-corrected chi connectivity index (χ4v) is 7.92. The zero-order valence-electron chi connectivity index (χ0n) is 39.3. The van der Waals surface area contributed by atoms with Gasteiger partial charge in [0.05, 0.1) is 0 Å². The Morgan fingerprint density at radius 1 is 0.276 bits per heavy atom. The first kappa shape index (κ1) is 56.4. The van der Waals surface area contributed by atoms with Crippen LogP contribution in [0.2, 0.25) is 0 Å². The second-order valence-electron chi connectivity index (χ2n) is 17.8. The molecule has 58 heavy (non-hydrogen) atoms. The van der Waals surface area contributed by atoms with Crippen molar-refractivity contribution in [2.24, 2.45) is 0 Å². The summed E-state index contributed by atoms with van der Waals surface area (Å²) in [4.78, 5) is 37.8. The Kier molecular flexibility index (Phi) is 46.8. The summed E-state index contributed by atoms with van der Waals surface area (Å²) >= 11 is 0. The third kappa shape index (κ3) is 45.5. The predicted octanol–water partition coefficient (Wildman–Crippen LogP) is 16.8. The lowest BCUT2D eigenvalue weighted by Gasteiger charge is -2.18. The fourth-order valence-electron chi connectivity index (χ4n) is 7.92. The monoisotopic (exact) mass is 821 g/mol. The first-order valence-electron chi connectivity index (χ1n) is 26.0. The Bertz CT molecular complexity index is 859. The van der Waals surface area contributed by atoms with Gasteiger partial charge >= 0.3 is 17.9 Å². The van der Waals surface area contributed by atoms with Gasteiger partial charge in [0.1, 0.15) is 13.2 Å². The number of unbranched alkanes of at least 4 members (excludes halogenated alkanes) is 37. The predicted molar refractivity (Wildman–Crippen MR) is 247 cm³/mol. The Morgan fingerprint density at radius 2 is 0.466 bits per heavy atom. The van der Waals surface area contributed by atoms with E-state index in [1.54, 1.807) is 0 Å². The maximum Gasteiger partial charge on any atom is 0.306 e. The number of rotatable bonds is 48. The summed E-state index contributed by atoms with van der Waals surface area (Å²) in [6, 6.07) is 0. The molecule has 0 spiro atoms. The molecule has 0 saturated heterocycles. The van der Waals surface area contributed by atoms with Gasteiger partial charge in [-0.1, -0.05) is 258 Å². The molecule has 0 aromatic heterocycles. The number of esters is 3. The van der Waals surface area contributed by atoms with Crippen molar-refractivity contribution in [2.45, 2.75) is 303 Å². The minimum absolute atomic E-state index is 0.0620. The Balaban J connectivity index is 4.22. The average molecular weight is 821 g/mol. The highest BCUT2D eigenvalue weighted by molar-refractivity contribution is 5.71. The molecule has 6 nitrogen and oxygen atoms in total. The Hall–Kier alpha value is -1.59. The van der Waals surface area contributed by atoms with Crippen molar-refractivity contribution in [2.75, 3.05) is 13.2 Å². The number of carbonyl (C=O) groups is 3. The van der Waals surface area contributed by atoms with Crippen molar-refractivity contribution in [1.29, 1.82) is 0 Å². The molecule has 0 aromatic rings. The molecule has 0 aromatic carbocycles. The maximum atomic E-state index is 12.7. The fraction of sp³-hybridized carbons (Fsp3) is 0.942. The summed E-state index contributed by atoms with van der Waals surface area (Å²) in [6.45, 7) is 6.66. The molecular weight excluding hydrogens is 721 g/mol. The standard InChI is InChI=1S/C52H100O6/c1-4-7-10-13-16-19-21-23-24-25-26-27-29-30-33-36-39-42-45-51(54)57-48-49(47-56-50(53)44-41-38-35-32-18-15-12-9-6-3)58-52(55)46-43-40-37-34-31-28-22-20-17-14-11-8-5-2/h49H,4-48H2,1-3H3/t49-/m0/s1. The lowest BCUT2D eigenvalue weighted by molar-refractivity contribution is -0.167. The van der Waals surface area contributed by atoms with E-state index in [1.807, 2.05) is 0 Å². The van der Waals surface area contributed by atoms with Crippen molar-refractivity contribution >= 4 is 17.9 Å². The summed E-state index contributed by atoms with van der Waals surface area (Å²) in [7, 11) is 0. The minimum Gasteiger partial charge on any atom is -0.462 e. The van der Waals surface area contributed by atoms with E-state index >= 15 is 0 Å². The molecule has 0 aliphatic heterocycles. The summed E-state index contributed by atoms with van der Waals surface area (Å²) in [5.74, 6) is -0.844. The van der Waals surface area contributed by atoms with Crippen LogP contribution in [0.1, 0.15) is 297 Å². The van der Waals surface area contributed by atoms with Gasteiger partial charge in [-0.3, -0.25) is 14.4 Å². The lowest BCUT2D eigenvalue weighted by Crippen LogP contribution is -2.30. The van der Waals surface area contributed by atoms with Gasteiger partial charge < -0.3 is 14.2 Å². The first-order chi connectivity index (χ1) is 28.5. The van der Waals surface area contributed by atoms with Gasteiger partial charge in [-0.15, -0.1) is 0 Å². The Morgan fingerprint density at radius 3 is 0.690 bits per heavy atom. The van der Waals surface area contributed by atoms with E-state index in [9.17, 15) is 14.4 Å². The smallest absolute Gasteiger partial charge is 0.306 e. The van der Waals surface area contributed by atoms with Crippen LogP contribution in [0.5, 0.6) is 0 Å². The number of carbonyl (C=O) groups excluding carboxylic acids is 3. The topological polar surface area (TPSA) is 78.9 Å². The highest BCUT2D eigenvalue weighted by Gasteiger charge is 2.19. The van der Waals surface area contributed by atoms with Crippen LogP contribution < -0.4 is 0 Å². The SMILES string of the molecule is CCCCCCCCCCCCCCCCCCCCC(=O)OC[C@H](COC(=O)CCCCCCCCCCC)OC(=O)CCCCCCCCCCCCCCC. The number of hydrogen-bond acceptors (Lipinski definition) is 6. The zero-order valence-corrected chi connectivity index (χ0v) is 39.3. The van der Waals surface area contributed by atoms with E-state index in [0.29, 0.717) is 19.3 Å². The van der Waals surface area contributed by atoms with Gasteiger partial charge in [0.25, 0.3) is 0 Å². The molecule has 0 fully saturated rings. The van der Waals surface area contributed by atoms with E-state index in [2.05, 4.69) is 20.8 Å². The molecular formula is C52H100O6. The third-order valence-corrected chi connectivity index (χ3v) is 11.9. The molecule has 0 aliphatic rings. The molecule has 0 aliphatic carbocycles. The molecule has 0 unspecified atom stereocenters. The number of ether oxygens (including phenoxy) is 3. The summed E-state index contributed by atoms with van der Waals surface area (Å²) < 4.78 is 16.8. The molecule has 0 saturated carbocycles. The summed E-state index contributed by atoms with van der Waals surface area (Å²) in [5.41, 5.74) is 0. The molecule has 1 atom stereocenters. The largest absolute Gasteiger partial charge is 0.462 e. The molecule has 0 N–H and O–H groups in total. The van der Waals surface area contributed by atoms with Crippen molar-refractivity contribution in [3.05, 3.63) is 0 Å². The van der Waals surface area contributed by atoms with Crippen LogP contribution in [-0.4, -0.2) is 37.2 Å². The molecule has 0 radical (unpaired) electrons. The first-order valence-corrected chi connectivity index (χ1v) is 26.0. The van der Waals surface area contributed by atoms with Gasteiger partial charge in [-0.05, 0) is 19.3 Å². The normalized spacial score (nSPS) is 11.8. The summed E-state index contributed by atoms with van der Waals surface area (Å²) in [5, 5.41) is 0. The molecule has 344 valence electrons. The van der Waals surface area contributed by atoms with Crippen LogP contribution in [0.3, 0.4) is 0 Å². The maximum absolute atomic E-state index is 12.7. The van der Waals surface area contributed by atoms with Crippen LogP contribution in [0.25, 0.3) is 0 Å². The van der Waals surface area contributed by atoms with E-state index in [4.69, 9.17) is 14.2 Å². The van der Waals surface area contributed by atoms with Gasteiger partial charge in [0.15, 0.2) is 6.10 Å². The minimum atomic E-state index is -0.759.